The molecule has 43 heavy (non-hydrogen) atoms. The van der Waals surface area contributed by atoms with Crippen molar-refractivity contribution in [2.75, 3.05) is 6.54 Å². The van der Waals surface area contributed by atoms with Gasteiger partial charge in [-0.05, 0) is 86.4 Å². The Kier molecular flexibility index (Phi) is 10.7. The molecule has 0 aliphatic carbocycles. The SMILES string of the molecule is CC(C)(C)C(=O)Oc1ccc(-c2nnn(Cc3ccc(C(=O)NCCCCCC(=O)OCc4ccccc4)cc3)n2)cc1. The predicted molar refractivity (Wildman–Crippen MR) is 161 cm³/mol. The number of aromatic nitrogens is 4. The fraction of sp³-hybridized carbons (Fsp3) is 0.333. The van der Waals surface area contributed by atoms with Crippen molar-refractivity contribution in [1.82, 2.24) is 25.5 Å². The topological polar surface area (TPSA) is 125 Å². The molecule has 0 bridgehead atoms. The van der Waals surface area contributed by atoms with Gasteiger partial charge >= 0.3 is 11.9 Å². The monoisotopic (exact) mass is 583 g/mol. The van der Waals surface area contributed by atoms with Crippen LogP contribution in [-0.2, 0) is 27.5 Å². The molecule has 0 fully saturated rings. The largest absolute Gasteiger partial charge is 0.461 e. The highest BCUT2D eigenvalue weighted by Gasteiger charge is 2.23. The van der Waals surface area contributed by atoms with Crippen molar-refractivity contribution >= 4 is 17.8 Å². The number of esters is 2. The normalized spacial score (nSPS) is 11.1. The summed E-state index contributed by atoms with van der Waals surface area (Å²) in [7, 11) is 0. The molecule has 0 spiro atoms. The zero-order valence-electron chi connectivity index (χ0n) is 24.8. The fourth-order valence-corrected chi connectivity index (χ4v) is 3.97. The van der Waals surface area contributed by atoms with Gasteiger partial charge in [-0.15, -0.1) is 10.2 Å². The van der Waals surface area contributed by atoms with E-state index in [0.717, 1.165) is 29.5 Å². The first-order valence-corrected chi connectivity index (χ1v) is 14.3. The lowest BCUT2D eigenvalue weighted by Crippen LogP contribution is -2.25. The van der Waals surface area contributed by atoms with Crippen LogP contribution in [0.5, 0.6) is 5.75 Å². The highest BCUT2D eigenvalue weighted by molar-refractivity contribution is 5.94. The van der Waals surface area contributed by atoms with Gasteiger partial charge in [0.25, 0.3) is 5.91 Å². The summed E-state index contributed by atoms with van der Waals surface area (Å²) >= 11 is 0. The number of benzene rings is 3. The molecule has 224 valence electrons. The zero-order chi connectivity index (χ0) is 30.7. The molecule has 0 aliphatic heterocycles. The molecule has 0 radical (unpaired) electrons. The van der Waals surface area contributed by atoms with E-state index in [4.69, 9.17) is 9.47 Å². The van der Waals surface area contributed by atoms with Crippen molar-refractivity contribution in [2.45, 2.75) is 59.6 Å². The van der Waals surface area contributed by atoms with E-state index in [1.165, 1.54) is 4.80 Å². The van der Waals surface area contributed by atoms with Gasteiger partial charge in [0.2, 0.25) is 5.82 Å². The van der Waals surface area contributed by atoms with E-state index in [1.807, 2.05) is 42.5 Å². The minimum atomic E-state index is -0.589. The molecule has 4 rings (SSSR count). The van der Waals surface area contributed by atoms with Gasteiger partial charge in [0.15, 0.2) is 0 Å². The molecule has 1 amide bonds. The van der Waals surface area contributed by atoms with Crippen LogP contribution in [0.3, 0.4) is 0 Å². The smallest absolute Gasteiger partial charge is 0.316 e. The number of tetrazole rings is 1. The lowest BCUT2D eigenvalue weighted by atomic mass is 9.97. The Hall–Kier alpha value is -4.86. The lowest BCUT2D eigenvalue weighted by Gasteiger charge is -2.16. The van der Waals surface area contributed by atoms with Crippen LogP contribution < -0.4 is 10.1 Å². The number of hydrogen-bond acceptors (Lipinski definition) is 8. The molecule has 4 aromatic rings. The predicted octanol–water partition coefficient (Wildman–Crippen LogP) is 5.37. The van der Waals surface area contributed by atoms with Crippen LogP contribution in [0.1, 0.15) is 67.9 Å². The van der Waals surface area contributed by atoms with Gasteiger partial charge in [0, 0.05) is 24.1 Å². The Morgan fingerprint density at radius 2 is 1.56 bits per heavy atom. The van der Waals surface area contributed by atoms with Gasteiger partial charge in [-0.25, -0.2) is 0 Å². The molecule has 10 nitrogen and oxygen atoms in total. The molecule has 0 atom stereocenters. The minimum Gasteiger partial charge on any atom is -0.461 e. The quantitative estimate of drug-likeness (QED) is 0.126. The number of carbonyl (C=O) groups excluding carboxylic acids is 3. The number of amides is 1. The van der Waals surface area contributed by atoms with Crippen LogP contribution in [0, 0.1) is 5.41 Å². The summed E-state index contributed by atoms with van der Waals surface area (Å²) in [6, 6.07) is 23.8. The maximum Gasteiger partial charge on any atom is 0.316 e. The van der Waals surface area contributed by atoms with Crippen LogP contribution in [0.25, 0.3) is 11.4 Å². The maximum atomic E-state index is 12.5. The summed E-state index contributed by atoms with van der Waals surface area (Å²) < 4.78 is 10.7. The van der Waals surface area contributed by atoms with E-state index >= 15 is 0 Å². The van der Waals surface area contributed by atoms with Gasteiger partial charge in [-0.2, -0.15) is 4.80 Å². The average molecular weight is 584 g/mol. The van der Waals surface area contributed by atoms with E-state index in [0.29, 0.717) is 49.7 Å². The van der Waals surface area contributed by atoms with Crippen molar-refractivity contribution < 1.29 is 23.9 Å². The Bertz CT molecular complexity index is 1490. The number of hydrogen-bond donors (Lipinski definition) is 1. The van der Waals surface area contributed by atoms with Crippen molar-refractivity contribution in [2.24, 2.45) is 5.41 Å². The number of carbonyl (C=O) groups is 3. The molecule has 1 N–H and O–H groups in total. The summed E-state index contributed by atoms with van der Waals surface area (Å²) in [4.78, 5) is 38.0. The first-order valence-electron chi connectivity index (χ1n) is 14.3. The van der Waals surface area contributed by atoms with Crippen molar-refractivity contribution in [3.8, 4) is 17.1 Å². The summed E-state index contributed by atoms with van der Waals surface area (Å²) in [5, 5.41) is 15.6. The Morgan fingerprint density at radius 1 is 0.837 bits per heavy atom. The van der Waals surface area contributed by atoms with Crippen LogP contribution in [-0.4, -0.2) is 44.6 Å². The van der Waals surface area contributed by atoms with E-state index < -0.39 is 5.41 Å². The summed E-state index contributed by atoms with van der Waals surface area (Å²) in [6.07, 6.45) is 2.68. The molecule has 0 saturated carbocycles. The van der Waals surface area contributed by atoms with Crippen LogP contribution >= 0.6 is 0 Å². The zero-order valence-corrected chi connectivity index (χ0v) is 24.8. The number of rotatable bonds is 13. The molecular weight excluding hydrogens is 546 g/mol. The van der Waals surface area contributed by atoms with E-state index in [9.17, 15) is 14.4 Å². The minimum absolute atomic E-state index is 0.147. The molecule has 10 heteroatoms. The molecule has 1 heterocycles. The average Bonchev–Trinajstić information content (AvgIpc) is 3.47. The first kappa shape index (κ1) is 31.1. The third-order valence-corrected chi connectivity index (χ3v) is 6.51. The number of nitrogens with zero attached hydrogens (tertiary/aromatic N) is 4. The summed E-state index contributed by atoms with van der Waals surface area (Å²) in [5.74, 6) is 0.246. The van der Waals surface area contributed by atoms with Gasteiger partial charge in [-0.3, -0.25) is 14.4 Å². The summed E-state index contributed by atoms with van der Waals surface area (Å²) in [5.41, 5.74) is 2.61. The van der Waals surface area contributed by atoms with Gasteiger partial charge in [0.05, 0.1) is 12.0 Å². The van der Waals surface area contributed by atoms with Crippen molar-refractivity contribution in [3.63, 3.8) is 0 Å². The van der Waals surface area contributed by atoms with Gasteiger partial charge < -0.3 is 14.8 Å². The van der Waals surface area contributed by atoms with E-state index in [1.54, 1.807) is 57.2 Å². The second-order valence-corrected chi connectivity index (χ2v) is 11.2. The molecule has 0 saturated heterocycles. The van der Waals surface area contributed by atoms with Crippen LogP contribution in [0.15, 0.2) is 78.9 Å². The highest BCUT2D eigenvalue weighted by atomic mass is 16.5. The lowest BCUT2D eigenvalue weighted by molar-refractivity contribution is -0.145. The van der Waals surface area contributed by atoms with Crippen molar-refractivity contribution in [3.05, 3.63) is 95.6 Å². The molecule has 0 aliphatic rings. The number of ether oxygens (including phenoxy) is 2. The number of nitrogens with one attached hydrogen (secondary N) is 1. The molecule has 0 unspecified atom stereocenters. The third kappa shape index (κ3) is 9.88. The maximum absolute atomic E-state index is 12.5. The molecule has 3 aromatic carbocycles. The van der Waals surface area contributed by atoms with Crippen LogP contribution in [0.4, 0.5) is 0 Å². The van der Waals surface area contributed by atoms with Crippen molar-refractivity contribution in [1.29, 1.82) is 0 Å². The van der Waals surface area contributed by atoms with Gasteiger partial charge in [0.1, 0.15) is 12.4 Å². The Balaban J connectivity index is 1.15. The highest BCUT2D eigenvalue weighted by Crippen LogP contribution is 2.22. The number of unbranched alkanes of at least 4 members (excludes halogenated alkanes) is 2. The Labute approximate surface area is 251 Å². The second-order valence-electron chi connectivity index (χ2n) is 11.2. The molecule has 1 aromatic heterocycles. The second kappa shape index (κ2) is 14.9. The standard InChI is InChI=1S/C33H37N5O5/c1-33(2,3)32(41)43-28-19-17-26(18-20-28)30-35-37-38(36-30)22-24-13-15-27(16-14-24)31(40)34-21-9-5-8-12-29(39)42-23-25-10-6-4-7-11-25/h4,6-7,10-11,13-20H,5,8-9,12,21-23H2,1-3H3,(H,34,40). The Morgan fingerprint density at radius 3 is 2.26 bits per heavy atom. The van der Waals surface area contributed by atoms with E-state index in [2.05, 4.69) is 20.7 Å². The van der Waals surface area contributed by atoms with Gasteiger partial charge in [-0.1, -0.05) is 48.9 Å². The first-order chi connectivity index (χ1) is 20.7. The van der Waals surface area contributed by atoms with Crippen LogP contribution in [0.2, 0.25) is 0 Å². The van der Waals surface area contributed by atoms with E-state index in [-0.39, 0.29) is 17.8 Å². The summed E-state index contributed by atoms with van der Waals surface area (Å²) in [6.45, 7) is 6.62. The fourth-order valence-electron chi connectivity index (χ4n) is 3.97. The molecular formula is C33H37N5O5. The third-order valence-electron chi connectivity index (χ3n) is 6.51.